The van der Waals surface area contributed by atoms with Gasteiger partial charge in [-0.2, -0.15) is 0 Å². The Hall–Kier alpha value is -3.10. The molecule has 7 nitrogen and oxygen atoms in total. The molecule has 1 fully saturated rings. The molecule has 0 unspecified atom stereocenters. The molecule has 168 valence electrons. The number of allylic oxidation sites excluding steroid dienone is 1. The minimum Gasteiger partial charge on any atom is -0.404 e. The van der Waals surface area contributed by atoms with Gasteiger partial charge in [0.1, 0.15) is 0 Å². The van der Waals surface area contributed by atoms with Crippen LogP contribution in [0.5, 0.6) is 0 Å². The van der Waals surface area contributed by atoms with E-state index in [4.69, 9.17) is 5.73 Å². The first-order valence-corrected chi connectivity index (χ1v) is 12.0. The molecule has 0 radical (unpaired) electrons. The van der Waals surface area contributed by atoms with Gasteiger partial charge in [-0.25, -0.2) is 0 Å². The summed E-state index contributed by atoms with van der Waals surface area (Å²) in [4.78, 5) is 20.5. The van der Waals surface area contributed by atoms with Gasteiger partial charge < -0.3 is 16.4 Å². The average molecular weight is 452 g/mol. The van der Waals surface area contributed by atoms with Gasteiger partial charge in [-0.3, -0.25) is 19.0 Å². The van der Waals surface area contributed by atoms with Gasteiger partial charge in [-0.1, -0.05) is 12.1 Å². The van der Waals surface area contributed by atoms with Crippen LogP contribution in [0.1, 0.15) is 29.5 Å². The van der Waals surface area contributed by atoms with E-state index in [2.05, 4.69) is 20.6 Å². The maximum Gasteiger partial charge on any atom is 0.248 e. The number of benzene rings is 1. The molecular formula is C24H29N5O2S. The van der Waals surface area contributed by atoms with Crippen LogP contribution >= 0.6 is 0 Å². The Morgan fingerprint density at radius 1 is 1.25 bits per heavy atom. The second kappa shape index (κ2) is 12.1. The summed E-state index contributed by atoms with van der Waals surface area (Å²) in [7, 11) is 1.03. The van der Waals surface area contributed by atoms with Crippen molar-refractivity contribution in [3.05, 3.63) is 71.7 Å². The molecule has 1 aromatic carbocycles. The van der Waals surface area contributed by atoms with E-state index < -0.39 is 10.8 Å². The summed E-state index contributed by atoms with van der Waals surface area (Å²) in [6.45, 7) is 0.757. The van der Waals surface area contributed by atoms with Gasteiger partial charge in [0.15, 0.2) is 0 Å². The van der Waals surface area contributed by atoms with Crippen LogP contribution in [0.15, 0.2) is 60.0 Å². The predicted molar refractivity (Wildman–Crippen MR) is 133 cm³/mol. The number of carbonyl (C=O) groups is 1. The molecular weight excluding hydrogens is 422 g/mol. The maximum absolute atomic E-state index is 12.4. The molecule has 1 saturated heterocycles. The van der Waals surface area contributed by atoms with Crippen molar-refractivity contribution >= 4 is 40.3 Å². The van der Waals surface area contributed by atoms with Gasteiger partial charge >= 0.3 is 0 Å². The standard InChI is InChI=1S/C24H29N5O2S/c1-26-16-20(14-25)23-8-11-27-17-19(23)4-7-24(30)29-22-5-2-18(3-6-22)15-28-21-9-12-32(31)13-10-21/h2-8,11,14,16-17,21,28H,9-10,12-13,15,25H2,1H3,(H,29,30)/b7-4+,20-14?,26-16?. The number of hydrogen-bond donors (Lipinski definition) is 3. The van der Waals surface area contributed by atoms with E-state index in [0.717, 1.165) is 58.8 Å². The first-order chi connectivity index (χ1) is 15.6. The smallest absolute Gasteiger partial charge is 0.248 e. The number of aliphatic imine (C=N–C) groups is 1. The summed E-state index contributed by atoms with van der Waals surface area (Å²) in [6.07, 6.45) is 11.6. The van der Waals surface area contributed by atoms with Gasteiger partial charge in [-0.15, -0.1) is 0 Å². The lowest BCUT2D eigenvalue weighted by molar-refractivity contribution is -0.111. The van der Waals surface area contributed by atoms with E-state index in [1.54, 1.807) is 31.7 Å². The number of nitrogens with zero attached hydrogens (tertiary/aromatic N) is 2. The molecule has 4 N–H and O–H groups in total. The second-order valence-corrected chi connectivity index (χ2v) is 9.19. The van der Waals surface area contributed by atoms with Crippen LogP contribution in [0.4, 0.5) is 5.69 Å². The number of anilines is 1. The zero-order chi connectivity index (χ0) is 22.8. The first-order valence-electron chi connectivity index (χ1n) is 10.5. The monoisotopic (exact) mass is 451 g/mol. The molecule has 0 saturated carbocycles. The van der Waals surface area contributed by atoms with Crippen LogP contribution in [0.2, 0.25) is 0 Å². The molecule has 0 atom stereocenters. The molecule has 32 heavy (non-hydrogen) atoms. The predicted octanol–water partition coefficient (Wildman–Crippen LogP) is 2.73. The largest absolute Gasteiger partial charge is 0.404 e. The van der Waals surface area contributed by atoms with Crippen molar-refractivity contribution in [2.24, 2.45) is 10.7 Å². The van der Waals surface area contributed by atoms with Crippen LogP contribution in [0.25, 0.3) is 11.6 Å². The van der Waals surface area contributed by atoms with E-state index in [-0.39, 0.29) is 5.91 Å². The summed E-state index contributed by atoms with van der Waals surface area (Å²) in [5, 5.41) is 6.40. The highest BCUT2D eigenvalue weighted by Gasteiger charge is 2.16. The summed E-state index contributed by atoms with van der Waals surface area (Å²) >= 11 is 0. The Bertz CT molecular complexity index is 1020. The third-order valence-corrected chi connectivity index (χ3v) is 6.61. The number of hydrogen-bond acceptors (Lipinski definition) is 6. The second-order valence-electron chi connectivity index (χ2n) is 7.49. The molecule has 3 rings (SSSR count). The quantitative estimate of drug-likeness (QED) is 0.422. The molecule has 0 bridgehead atoms. The Kier molecular flexibility index (Phi) is 8.89. The van der Waals surface area contributed by atoms with E-state index in [9.17, 15) is 9.00 Å². The van der Waals surface area contributed by atoms with Gasteiger partial charge in [0, 0.05) is 89.6 Å². The van der Waals surface area contributed by atoms with Crippen molar-refractivity contribution in [3.8, 4) is 0 Å². The van der Waals surface area contributed by atoms with Crippen molar-refractivity contribution in [2.45, 2.75) is 25.4 Å². The summed E-state index contributed by atoms with van der Waals surface area (Å²) in [6, 6.07) is 10.0. The van der Waals surface area contributed by atoms with Gasteiger partial charge in [-0.05, 0) is 48.2 Å². The van der Waals surface area contributed by atoms with Gasteiger partial charge in [0.05, 0.1) is 0 Å². The lowest BCUT2D eigenvalue weighted by Crippen LogP contribution is -2.35. The van der Waals surface area contributed by atoms with Gasteiger partial charge in [0.2, 0.25) is 5.91 Å². The van der Waals surface area contributed by atoms with E-state index in [1.807, 2.05) is 30.3 Å². The fourth-order valence-corrected chi connectivity index (χ4v) is 4.76. The highest BCUT2D eigenvalue weighted by molar-refractivity contribution is 7.85. The molecule has 8 heteroatoms. The molecule has 1 aromatic heterocycles. The molecule has 1 aliphatic heterocycles. The van der Waals surface area contributed by atoms with Crippen molar-refractivity contribution < 1.29 is 9.00 Å². The average Bonchev–Trinajstić information content (AvgIpc) is 2.82. The van der Waals surface area contributed by atoms with Crippen molar-refractivity contribution in [2.75, 3.05) is 23.9 Å². The van der Waals surface area contributed by atoms with Crippen molar-refractivity contribution in [3.63, 3.8) is 0 Å². The molecule has 2 heterocycles. The molecule has 2 aromatic rings. The SMILES string of the molecule is CN=CC(=CN)c1ccncc1/C=C/C(=O)Nc1ccc(CNC2CCS(=O)CC2)cc1. The number of amides is 1. The van der Waals surface area contributed by atoms with Crippen LogP contribution in [0.3, 0.4) is 0 Å². The lowest BCUT2D eigenvalue weighted by atomic mass is 10.0. The van der Waals surface area contributed by atoms with Crippen LogP contribution < -0.4 is 16.4 Å². The third-order valence-electron chi connectivity index (χ3n) is 5.23. The zero-order valence-corrected chi connectivity index (χ0v) is 19.0. The Morgan fingerprint density at radius 3 is 2.69 bits per heavy atom. The molecule has 1 aliphatic rings. The Morgan fingerprint density at radius 2 is 2.00 bits per heavy atom. The number of aromatic nitrogens is 1. The van der Waals surface area contributed by atoms with Gasteiger partial charge in [0.25, 0.3) is 0 Å². The number of nitrogens with one attached hydrogen (secondary N) is 2. The zero-order valence-electron chi connectivity index (χ0n) is 18.2. The van der Waals surface area contributed by atoms with Crippen molar-refractivity contribution in [1.82, 2.24) is 10.3 Å². The van der Waals surface area contributed by atoms with E-state index in [0.29, 0.717) is 6.04 Å². The number of carbonyl (C=O) groups excluding carboxylic acids is 1. The highest BCUT2D eigenvalue weighted by Crippen LogP contribution is 2.18. The van der Waals surface area contributed by atoms with Crippen LogP contribution in [-0.2, 0) is 22.1 Å². The van der Waals surface area contributed by atoms with Crippen LogP contribution in [-0.4, -0.2) is 45.9 Å². The van der Waals surface area contributed by atoms with E-state index in [1.165, 1.54) is 12.3 Å². The normalized spacial score (nSPS) is 19.5. The number of rotatable bonds is 8. The highest BCUT2D eigenvalue weighted by atomic mass is 32.2. The maximum atomic E-state index is 12.4. The summed E-state index contributed by atoms with van der Waals surface area (Å²) in [5.74, 6) is 1.34. The summed E-state index contributed by atoms with van der Waals surface area (Å²) < 4.78 is 11.5. The van der Waals surface area contributed by atoms with Crippen LogP contribution in [0, 0.1) is 0 Å². The minimum absolute atomic E-state index is 0.233. The fourth-order valence-electron chi connectivity index (χ4n) is 3.46. The topological polar surface area (TPSA) is 109 Å². The minimum atomic E-state index is -0.641. The molecule has 0 spiro atoms. The molecule has 1 amide bonds. The third kappa shape index (κ3) is 6.96. The first kappa shape index (κ1) is 23.6. The lowest BCUT2D eigenvalue weighted by Gasteiger charge is -2.22. The number of nitrogens with two attached hydrogens (primary N) is 1. The Balaban J connectivity index is 1.55. The Labute approximate surface area is 191 Å². The number of pyridine rings is 1. The van der Waals surface area contributed by atoms with E-state index >= 15 is 0 Å². The summed E-state index contributed by atoms with van der Waals surface area (Å²) in [5.41, 5.74) is 9.94. The fraction of sp³-hybridized carbons (Fsp3) is 0.292. The van der Waals surface area contributed by atoms with Crippen molar-refractivity contribution in [1.29, 1.82) is 0 Å². The molecule has 0 aliphatic carbocycles.